The summed E-state index contributed by atoms with van der Waals surface area (Å²) in [5.74, 6) is 1.64. The number of hydrogen-bond acceptors (Lipinski definition) is 5. The smallest absolute Gasteiger partial charge is 0.407 e. The first-order chi connectivity index (χ1) is 9.17. The third-order valence-corrected chi connectivity index (χ3v) is 3.82. The molecule has 2 saturated heterocycles. The molecule has 0 aromatic carbocycles. The Morgan fingerprint density at radius 1 is 1.37 bits per heavy atom. The van der Waals surface area contributed by atoms with Crippen LogP contribution in [0.1, 0.15) is 5.82 Å². The zero-order chi connectivity index (χ0) is 13.4. The van der Waals surface area contributed by atoms with E-state index in [0.29, 0.717) is 24.9 Å². The van der Waals surface area contributed by atoms with Gasteiger partial charge in [0.15, 0.2) is 0 Å². The molecular weight excluding hydrogens is 246 g/mol. The summed E-state index contributed by atoms with van der Waals surface area (Å²) < 4.78 is 0. The first kappa shape index (κ1) is 11.7. The van der Waals surface area contributed by atoms with Crippen molar-refractivity contribution in [3.8, 4) is 6.07 Å². The van der Waals surface area contributed by atoms with E-state index in [-0.39, 0.29) is 5.82 Å². The molecule has 0 aliphatic carbocycles. The van der Waals surface area contributed by atoms with E-state index in [1.165, 1.54) is 4.90 Å². The number of amides is 1. The van der Waals surface area contributed by atoms with Gasteiger partial charge in [0.05, 0.1) is 0 Å². The van der Waals surface area contributed by atoms with Gasteiger partial charge >= 0.3 is 6.09 Å². The van der Waals surface area contributed by atoms with Gasteiger partial charge in [-0.05, 0) is 6.07 Å². The van der Waals surface area contributed by atoms with Crippen LogP contribution in [0.15, 0.2) is 12.3 Å². The van der Waals surface area contributed by atoms with Crippen LogP contribution in [0, 0.1) is 23.2 Å². The minimum Gasteiger partial charge on any atom is -0.465 e. The van der Waals surface area contributed by atoms with Gasteiger partial charge in [-0.25, -0.2) is 14.8 Å². The summed E-state index contributed by atoms with van der Waals surface area (Å²) in [5, 5.41) is 17.8. The SMILES string of the molecule is N#Cc1nccc(N2C[C@H]3CN(C(=O)O)C[C@H]3C2)n1. The highest BCUT2D eigenvalue weighted by Gasteiger charge is 2.42. The van der Waals surface area contributed by atoms with Gasteiger partial charge in [0.1, 0.15) is 11.9 Å². The van der Waals surface area contributed by atoms with Crippen LogP contribution in [-0.4, -0.2) is 52.2 Å². The number of carboxylic acid groups (broad SMARTS) is 1. The molecule has 1 aromatic rings. The second-order valence-corrected chi connectivity index (χ2v) is 4.96. The molecule has 0 unspecified atom stereocenters. The molecule has 2 fully saturated rings. The standard InChI is InChI=1S/C12H13N5O2/c13-3-10-14-2-1-11(15-10)16-4-8-6-17(12(18)19)7-9(8)5-16/h1-2,8-9H,4-7H2,(H,18,19)/t8-,9+. The Morgan fingerprint density at radius 3 is 2.63 bits per heavy atom. The lowest BCUT2D eigenvalue weighted by Gasteiger charge is -2.20. The Balaban J connectivity index is 1.72. The number of likely N-dealkylation sites (tertiary alicyclic amines) is 1. The summed E-state index contributed by atoms with van der Waals surface area (Å²) in [4.78, 5) is 22.5. The highest BCUT2D eigenvalue weighted by Crippen LogP contribution is 2.33. The van der Waals surface area contributed by atoms with Gasteiger partial charge in [-0.3, -0.25) is 0 Å². The van der Waals surface area contributed by atoms with Crippen molar-refractivity contribution < 1.29 is 9.90 Å². The molecule has 2 aliphatic heterocycles. The summed E-state index contributed by atoms with van der Waals surface area (Å²) in [6.07, 6.45) is 0.744. The van der Waals surface area contributed by atoms with Crippen LogP contribution < -0.4 is 4.90 Å². The molecule has 98 valence electrons. The number of hydrogen-bond donors (Lipinski definition) is 1. The van der Waals surface area contributed by atoms with Crippen molar-refractivity contribution in [3.63, 3.8) is 0 Å². The predicted octanol–water partition coefficient (Wildman–Crippen LogP) is 0.394. The number of anilines is 1. The lowest BCUT2D eigenvalue weighted by Crippen LogP contribution is -2.32. The fourth-order valence-corrected chi connectivity index (χ4v) is 2.92. The fraction of sp³-hybridized carbons (Fsp3) is 0.500. The average molecular weight is 259 g/mol. The predicted molar refractivity (Wildman–Crippen MR) is 65.5 cm³/mol. The molecule has 3 rings (SSSR count). The van der Waals surface area contributed by atoms with Crippen LogP contribution in [0.4, 0.5) is 10.6 Å². The van der Waals surface area contributed by atoms with E-state index in [9.17, 15) is 4.79 Å². The van der Waals surface area contributed by atoms with E-state index in [2.05, 4.69) is 14.9 Å². The number of nitriles is 1. The Morgan fingerprint density at radius 2 is 2.05 bits per heavy atom. The lowest BCUT2D eigenvalue weighted by atomic mass is 10.0. The lowest BCUT2D eigenvalue weighted by molar-refractivity contribution is 0.153. The van der Waals surface area contributed by atoms with E-state index in [1.54, 1.807) is 12.3 Å². The van der Waals surface area contributed by atoms with Crippen molar-refractivity contribution in [2.24, 2.45) is 11.8 Å². The fourth-order valence-electron chi connectivity index (χ4n) is 2.92. The topological polar surface area (TPSA) is 93.4 Å². The molecule has 1 aromatic heterocycles. The van der Waals surface area contributed by atoms with Crippen LogP contribution in [0.2, 0.25) is 0 Å². The molecule has 0 saturated carbocycles. The van der Waals surface area contributed by atoms with Crippen molar-refractivity contribution in [1.29, 1.82) is 5.26 Å². The molecule has 0 bridgehead atoms. The van der Waals surface area contributed by atoms with Gasteiger partial charge < -0.3 is 14.9 Å². The molecule has 7 nitrogen and oxygen atoms in total. The molecule has 3 heterocycles. The van der Waals surface area contributed by atoms with Crippen LogP contribution in [0.25, 0.3) is 0 Å². The van der Waals surface area contributed by atoms with Crippen LogP contribution >= 0.6 is 0 Å². The van der Waals surface area contributed by atoms with Crippen LogP contribution in [0.5, 0.6) is 0 Å². The largest absolute Gasteiger partial charge is 0.465 e. The quantitative estimate of drug-likeness (QED) is 0.784. The first-order valence-corrected chi connectivity index (χ1v) is 6.13. The van der Waals surface area contributed by atoms with E-state index in [4.69, 9.17) is 10.4 Å². The van der Waals surface area contributed by atoms with E-state index < -0.39 is 6.09 Å². The molecule has 1 N–H and O–H groups in total. The minimum atomic E-state index is -0.838. The number of rotatable bonds is 1. The zero-order valence-electron chi connectivity index (χ0n) is 10.2. The van der Waals surface area contributed by atoms with Crippen molar-refractivity contribution >= 4 is 11.9 Å². The van der Waals surface area contributed by atoms with Crippen molar-refractivity contribution in [2.45, 2.75) is 0 Å². The second kappa shape index (κ2) is 4.39. The molecule has 2 aliphatic rings. The second-order valence-electron chi connectivity index (χ2n) is 4.96. The Kier molecular flexibility index (Phi) is 2.71. The molecule has 2 atom stereocenters. The number of aromatic nitrogens is 2. The van der Waals surface area contributed by atoms with Crippen LogP contribution in [-0.2, 0) is 0 Å². The number of carbonyl (C=O) groups is 1. The molecule has 7 heteroatoms. The molecule has 19 heavy (non-hydrogen) atoms. The molecule has 0 spiro atoms. The minimum absolute atomic E-state index is 0.168. The van der Waals surface area contributed by atoms with Gasteiger partial charge in [-0.1, -0.05) is 0 Å². The summed E-state index contributed by atoms with van der Waals surface area (Å²) in [7, 11) is 0. The maximum Gasteiger partial charge on any atom is 0.407 e. The first-order valence-electron chi connectivity index (χ1n) is 6.13. The number of nitrogens with zero attached hydrogens (tertiary/aromatic N) is 5. The third-order valence-electron chi connectivity index (χ3n) is 3.82. The van der Waals surface area contributed by atoms with Gasteiger partial charge in [0, 0.05) is 44.2 Å². The normalized spacial score (nSPS) is 25.2. The summed E-state index contributed by atoms with van der Waals surface area (Å²) in [5.41, 5.74) is 0. The summed E-state index contributed by atoms with van der Waals surface area (Å²) in [6.45, 7) is 2.76. The van der Waals surface area contributed by atoms with Crippen molar-refractivity contribution in [1.82, 2.24) is 14.9 Å². The van der Waals surface area contributed by atoms with E-state index in [0.717, 1.165) is 18.9 Å². The van der Waals surface area contributed by atoms with Gasteiger partial charge in [-0.2, -0.15) is 5.26 Å². The van der Waals surface area contributed by atoms with Gasteiger partial charge in [0.2, 0.25) is 5.82 Å². The van der Waals surface area contributed by atoms with Gasteiger partial charge in [-0.15, -0.1) is 0 Å². The molecular formula is C12H13N5O2. The molecule has 1 amide bonds. The monoisotopic (exact) mass is 259 g/mol. The van der Waals surface area contributed by atoms with Crippen molar-refractivity contribution in [2.75, 3.05) is 31.1 Å². The third kappa shape index (κ3) is 2.05. The highest BCUT2D eigenvalue weighted by molar-refractivity contribution is 5.65. The Labute approximate surface area is 110 Å². The van der Waals surface area contributed by atoms with Crippen LogP contribution in [0.3, 0.4) is 0 Å². The number of fused-ring (bicyclic) bond motifs is 1. The summed E-state index contributed by atoms with van der Waals surface area (Å²) >= 11 is 0. The average Bonchev–Trinajstić information content (AvgIpc) is 2.96. The maximum absolute atomic E-state index is 10.9. The summed E-state index contributed by atoms with van der Waals surface area (Å²) in [6, 6.07) is 3.72. The Bertz CT molecular complexity index is 541. The van der Waals surface area contributed by atoms with Crippen molar-refractivity contribution in [3.05, 3.63) is 18.1 Å². The van der Waals surface area contributed by atoms with E-state index >= 15 is 0 Å². The van der Waals surface area contributed by atoms with Gasteiger partial charge in [0.25, 0.3) is 0 Å². The highest BCUT2D eigenvalue weighted by atomic mass is 16.4. The zero-order valence-corrected chi connectivity index (χ0v) is 10.2. The van der Waals surface area contributed by atoms with E-state index in [1.807, 2.05) is 6.07 Å². The molecule has 0 radical (unpaired) electrons. The maximum atomic E-state index is 10.9. The Hall–Kier alpha value is -2.36.